The number of nitrogens with zero attached hydrogens (tertiary/aromatic N) is 1. The molecule has 2 aromatic rings. The highest BCUT2D eigenvalue weighted by Gasteiger charge is 2.28. The molecule has 3 rings (SSSR count). The van der Waals surface area contributed by atoms with Crippen LogP contribution in [-0.2, 0) is 11.3 Å². The molecule has 2 aromatic carbocycles. The van der Waals surface area contributed by atoms with E-state index < -0.39 is 0 Å². The molecule has 27 heavy (non-hydrogen) atoms. The summed E-state index contributed by atoms with van der Waals surface area (Å²) in [6, 6.07) is 13.8. The van der Waals surface area contributed by atoms with Gasteiger partial charge in [0.2, 0.25) is 0 Å². The summed E-state index contributed by atoms with van der Waals surface area (Å²) >= 11 is 0. The fourth-order valence-electron chi connectivity index (χ4n) is 3.13. The molecule has 0 aliphatic carbocycles. The highest BCUT2D eigenvalue weighted by Crippen LogP contribution is 2.25. The topological polar surface area (TPSA) is 41.6 Å². The minimum atomic E-state index is -0.282. The van der Waals surface area contributed by atoms with E-state index >= 15 is 0 Å². The van der Waals surface area contributed by atoms with E-state index in [1.807, 2.05) is 49.1 Å². The summed E-state index contributed by atoms with van der Waals surface area (Å²) in [7, 11) is 0. The number of rotatable bonds is 5. The molecular weight excluding hydrogens is 367 g/mol. The van der Waals surface area contributed by atoms with Crippen LogP contribution >= 0.6 is 12.4 Å². The predicted molar refractivity (Wildman–Crippen MR) is 107 cm³/mol. The third-order valence-electron chi connectivity index (χ3n) is 4.52. The van der Waals surface area contributed by atoms with E-state index in [-0.39, 0.29) is 36.3 Å². The maximum atomic E-state index is 13.6. The normalized spacial score (nSPS) is 16.9. The van der Waals surface area contributed by atoms with Crippen molar-refractivity contribution in [2.24, 2.45) is 0 Å². The summed E-state index contributed by atoms with van der Waals surface area (Å²) in [4.78, 5) is 14.8. The number of amides is 1. The molecule has 1 aliphatic rings. The largest absolute Gasteiger partial charge is 0.374 e. The second kappa shape index (κ2) is 9.83. The Labute approximate surface area is 166 Å². The summed E-state index contributed by atoms with van der Waals surface area (Å²) < 4.78 is 19.2. The van der Waals surface area contributed by atoms with Crippen molar-refractivity contribution in [3.63, 3.8) is 0 Å². The van der Waals surface area contributed by atoms with Gasteiger partial charge in [-0.15, -0.1) is 12.4 Å². The van der Waals surface area contributed by atoms with E-state index in [2.05, 4.69) is 5.32 Å². The number of hydrogen-bond donors (Lipinski definition) is 1. The van der Waals surface area contributed by atoms with Gasteiger partial charge in [-0.2, -0.15) is 0 Å². The quantitative estimate of drug-likeness (QED) is 0.837. The molecule has 0 spiro atoms. The van der Waals surface area contributed by atoms with Gasteiger partial charge in [0.15, 0.2) is 0 Å². The SMILES string of the molecule is CC(C)OCc1ccc(C(=O)N2CCNCC2c2cccc(F)c2)cc1.Cl. The summed E-state index contributed by atoms with van der Waals surface area (Å²) in [5, 5.41) is 3.29. The van der Waals surface area contributed by atoms with Crippen LogP contribution in [0.4, 0.5) is 4.39 Å². The summed E-state index contributed by atoms with van der Waals surface area (Å²) in [5.74, 6) is -0.313. The number of piperazine rings is 1. The van der Waals surface area contributed by atoms with E-state index in [1.165, 1.54) is 12.1 Å². The third-order valence-corrected chi connectivity index (χ3v) is 4.52. The molecule has 146 valence electrons. The van der Waals surface area contributed by atoms with Crippen LogP contribution in [0.2, 0.25) is 0 Å². The standard InChI is InChI=1S/C21H25FN2O2.ClH/c1-15(2)26-14-16-6-8-17(9-7-16)21(25)24-11-10-23-13-20(24)18-4-3-5-19(22)12-18;/h3-9,12,15,20,23H,10-11,13-14H2,1-2H3;1H. The molecule has 1 N–H and O–H groups in total. The minimum absolute atomic E-state index is 0. The van der Waals surface area contributed by atoms with Gasteiger partial charge in [0, 0.05) is 25.2 Å². The number of hydrogen-bond acceptors (Lipinski definition) is 3. The zero-order chi connectivity index (χ0) is 18.5. The summed E-state index contributed by atoms with van der Waals surface area (Å²) in [6.07, 6.45) is 0.171. The summed E-state index contributed by atoms with van der Waals surface area (Å²) in [5.41, 5.74) is 2.49. The van der Waals surface area contributed by atoms with Crippen molar-refractivity contribution in [3.8, 4) is 0 Å². The van der Waals surface area contributed by atoms with Crippen molar-refractivity contribution in [2.75, 3.05) is 19.6 Å². The Bertz CT molecular complexity index is 752. The van der Waals surface area contributed by atoms with Gasteiger partial charge < -0.3 is 15.0 Å². The van der Waals surface area contributed by atoms with Crippen molar-refractivity contribution in [2.45, 2.75) is 32.6 Å². The lowest BCUT2D eigenvalue weighted by atomic mass is 10.0. The van der Waals surface area contributed by atoms with Crippen molar-refractivity contribution >= 4 is 18.3 Å². The molecule has 0 radical (unpaired) electrons. The molecule has 1 aliphatic heterocycles. The first-order chi connectivity index (χ1) is 12.5. The van der Waals surface area contributed by atoms with Crippen LogP contribution in [0.25, 0.3) is 0 Å². The number of ether oxygens (including phenoxy) is 1. The molecule has 1 unspecified atom stereocenters. The Hall–Kier alpha value is -1.95. The molecule has 6 heteroatoms. The van der Waals surface area contributed by atoms with Crippen molar-refractivity contribution in [1.29, 1.82) is 0 Å². The van der Waals surface area contributed by atoms with E-state index in [4.69, 9.17) is 4.74 Å². The van der Waals surface area contributed by atoms with Crippen molar-refractivity contribution in [3.05, 3.63) is 71.0 Å². The molecule has 1 amide bonds. The van der Waals surface area contributed by atoms with E-state index in [0.717, 1.165) is 17.7 Å². The van der Waals surface area contributed by atoms with Gasteiger partial charge in [-0.05, 0) is 49.2 Å². The van der Waals surface area contributed by atoms with Crippen LogP contribution in [-0.4, -0.2) is 36.5 Å². The molecule has 1 saturated heterocycles. The van der Waals surface area contributed by atoms with Crippen molar-refractivity contribution < 1.29 is 13.9 Å². The number of benzene rings is 2. The fourth-order valence-corrected chi connectivity index (χ4v) is 3.13. The van der Waals surface area contributed by atoms with Gasteiger partial charge in [-0.3, -0.25) is 4.79 Å². The lowest BCUT2D eigenvalue weighted by Gasteiger charge is -2.36. The molecule has 0 bridgehead atoms. The minimum Gasteiger partial charge on any atom is -0.374 e. The highest BCUT2D eigenvalue weighted by atomic mass is 35.5. The van der Waals surface area contributed by atoms with Crippen LogP contribution in [0.5, 0.6) is 0 Å². The zero-order valence-corrected chi connectivity index (χ0v) is 16.5. The van der Waals surface area contributed by atoms with Crippen molar-refractivity contribution in [1.82, 2.24) is 10.2 Å². The molecule has 1 heterocycles. The molecule has 0 aromatic heterocycles. The average Bonchev–Trinajstić information content (AvgIpc) is 2.66. The molecule has 1 fully saturated rings. The Balaban J connectivity index is 0.00000261. The third kappa shape index (κ3) is 5.51. The van der Waals surface area contributed by atoms with E-state index in [9.17, 15) is 9.18 Å². The number of halogens is 2. The fraction of sp³-hybridized carbons (Fsp3) is 0.381. The smallest absolute Gasteiger partial charge is 0.254 e. The van der Waals surface area contributed by atoms with Gasteiger partial charge in [-0.25, -0.2) is 4.39 Å². The monoisotopic (exact) mass is 392 g/mol. The van der Waals surface area contributed by atoms with Crippen LogP contribution in [0, 0.1) is 5.82 Å². The van der Waals surface area contributed by atoms with Crippen LogP contribution in [0.3, 0.4) is 0 Å². The van der Waals surface area contributed by atoms with Gasteiger partial charge >= 0.3 is 0 Å². The van der Waals surface area contributed by atoms with Gasteiger partial charge in [0.25, 0.3) is 5.91 Å². The highest BCUT2D eigenvalue weighted by molar-refractivity contribution is 5.94. The average molecular weight is 393 g/mol. The van der Waals surface area contributed by atoms with Gasteiger partial charge in [0.1, 0.15) is 5.82 Å². The maximum Gasteiger partial charge on any atom is 0.254 e. The first-order valence-corrected chi connectivity index (χ1v) is 9.02. The zero-order valence-electron chi connectivity index (χ0n) is 15.7. The van der Waals surface area contributed by atoms with E-state index in [1.54, 1.807) is 6.07 Å². The molecule has 1 atom stereocenters. The Morgan fingerprint density at radius 2 is 2.00 bits per heavy atom. The predicted octanol–water partition coefficient (Wildman–Crippen LogP) is 3.96. The summed E-state index contributed by atoms with van der Waals surface area (Å²) in [6.45, 7) is 6.47. The Morgan fingerprint density at radius 3 is 2.67 bits per heavy atom. The van der Waals surface area contributed by atoms with Gasteiger partial charge in [-0.1, -0.05) is 24.3 Å². The Kier molecular flexibility index (Phi) is 7.78. The lowest BCUT2D eigenvalue weighted by Crippen LogP contribution is -2.48. The number of carbonyl (C=O) groups is 1. The first kappa shape index (κ1) is 21.4. The number of carbonyl (C=O) groups excluding carboxylic acids is 1. The number of nitrogens with one attached hydrogen (secondary N) is 1. The second-order valence-corrected chi connectivity index (χ2v) is 6.83. The lowest BCUT2D eigenvalue weighted by molar-refractivity contribution is 0.0629. The van der Waals surface area contributed by atoms with Crippen LogP contribution in [0.1, 0.15) is 41.4 Å². The van der Waals surface area contributed by atoms with Crippen LogP contribution in [0.15, 0.2) is 48.5 Å². The maximum absolute atomic E-state index is 13.6. The van der Waals surface area contributed by atoms with E-state index in [0.29, 0.717) is 25.3 Å². The van der Waals surface area contributed by atoms with Gasteiger partial charge in [0.05, 0.1) is 18.8 Å². The first-order valence-electron chi connectivity index (χ1n) is 9.02. The molecule has 0 saturated carbocycles. The molecule has 4 nitrogen and oxygen atoms in total. The Morgan fingerprint density at radius 1 is 1.26 bits per heavy atom. The van der Waals surface area contributed by atoms with Crippen LogP contribution < -0.4 is 5.32 Å². The molecular formula is C21H26ClFN2O2. The second-order valence-electron chi connectivity index (χ2n) is 6.83.